The fourth-order valence-electron chi connectivity index (χ4n) is 3.57. The van der Waals surface area contributed by atoms with Crippen molar-refractivity contribution in [2.75, 3.05) is 26.3 Å². The Labute approximate surface area is 128 Å². The van der Waals surface area contributed by atoms with Gasteiger partial charge in [-0.05, 0) is 25.9 Å². The summed E-state index contributed by atoms with van der Waals surface area (Å²) in [7, 11) is 1.92. The van der Waals surface area contributed by atoms with Crippen LogP contribution in [-0.2, 0) is 11.8 Å². The van der Waals surface area contributed by atoms with Crippen molar-refractivity contribution in [1.82, 2.24) is 24.4 Å². The third-order valence-corrected chi connectivity index (χ3v) is 4.76. The van der Waals surface area contributed by atoms with Gasteiger partial charge in [0.2, 0.25) is 0 Å². The summed E-state index contributed by atoms with van der Waals surface area (Å²) in [6, 6.07) is 0.353. The van der Waals surface area contributed by atoms with E-state index in [1.165, 1.54) is 12.8 Å². The molecule has 4 rings (SSSR count). The first-order valence-corrected chi connectivity index (χ1v) is 7.85. The maximum absolute atomic E-state index is 12.6. The number of hydrogen-bond donors (Lipinski definition) is 1. The summed E-state index contributed by atoms with van der Waals surface area (Å²) in [4.78, 5) is 15.1. The van der Waals surface area contributed by atoms with E-state index in [9.17, 15) is 4.79 Å². The van der Waals surface area contributed by atoms with Crippen molar-refractivity contribution < 1.29 is 9.53 Å². The summed E-state index contributed by atoms with van der Waals surface area (Å²) in [5, 5.41) is 7.37. The van der Waals surface area contributed by atoms with Gasteiger partial charge in [0.1, 0.15) is 11.2 Å². The molecule has 2 fully saturated rings. The van der Waals surface area contributed by atoms with Crippen LogP contribution in [-0.4, -0.2) is 63.4 Å². The van der Waals surface area contributed by atoms with Crippen LogP contribution in [0.2, 0.25) is 0 Å². The molecule has 7 heteroatoms. The second-order valence-corrected chi connectivity index (χ2v) is 6.16. The number of hydrogen-bond acceptors (Lipinski definition) is 4. The number of likely N-dealkylation sites (tertiary alicyclic amines) is 1. The topological polar surface area (TPSA) is 63.8 Å². The Morgan fingerprint density at radius 2 is 2.14 bits per heavy atom. The second-order valence-electron chi connectivity index (χ2n) is 6.16. The third kappa shape index (κ3) is 2.21. The summed E-state index contributed by atoms with van der Waals surface area (Å²) in [6.07, 6.45) is 7.85. The van der Waals surface area contributed by atoms with E-state index in [1.54, 1.807) is 10.7 Å². The molecule has 0 aromatic carbocycles. The number of imidazole rings is 1. The Hall–Kier alpha value is -1.86. The van der Waals surface area contributed by atoms with Crippen molar-refractivity contribution in [3.05, 3.63) is 24.2 Å². The van der Waals surface area contributed by atoms with E-state index < -0.39 is 0 Å². The molecule has 2 aliphatic heterocycles. The second kappa shape index (κ2) is 5.40. The number of aryl methyl sites for hydroxylation is 1. The lowest BCUT2D eigenvalue weighted by molar-refractivity contribution is 0.0918. The minimum Gasteiger partial charge on any atom is -0.378 e. The first-order chi connectivity index (χ1) is 10.7. The van der Waals surface area contributed by atoms with Crippen LogP contribution in [0.5, 0.6) is 0 Å². The summed E-state index contributed by atoms with van der Waals surface area (Å²) >= 11 is 0. The number of carbonyl (C=O) groups excluding carboxylic acids is 1. The Morgan fingerprint density at radius 1 is 1.32 bits per heavy atom. The van der Waals surface area contributed by atoms with E-state index >= 15 is 0 Å². The Kier molecular flexibility index (Phi) is 3.38. The molecule has 0 aliphatic carbocycles. The van der Waals surface area contributed by atoms with Crippen molar-refractivity contribution in [2.24, 2.45) is 7.05 Å². The monoisotopic (exact) mass is 303 g/mol. The lowest BCUT2D eigenvalue weighted by Crippen LogP contribution is -2.50. The Morgan fingerprint density at radius 3 is 2.95 bits per heavy atom. The SMILES string of the molecule is Cn1ccn2ncc(C(=O)N[C@H]3COC[C@@H]3N3CCCC3)c12. The zero-order valence-corrected chi connectivity index (χ0v) is 12.7. The number of nitrogens with one attached hydrogen (secondary N) is 1. The number of nitrogens with zero attached hydrogens (tertiary/aromatic N) is 4. The van der Waals surface area contributed by atoms with Crippen LogP contribution in [0.25, 0.3) is 5.65 Å². The lowest BCUT2D eigenvalue weighted by atomic mass is 10.1. The van der Waals surface area contributed by atoms with E-state index in [4.69, 9.17) is 4.74 Å². The van der Waals surface area contributed by atoms with Gasteiger partial charge >= 0.3 is 0 Å². The lowest BCUT2D eigenvalue weighted by Gasteiger charge is -2.27. The average Bonchev–Trinajstić information content (AvgIpc) is 3.23. The highest BCUT2D eigenvalue weighted by Gasteiger charge is 2.35. The molecule has 118 valence electrons. The molecule has 0 bridgehead atoms. The highest BCUT2D eigenvalue weighted by atomic mass is 16.5. The van der Waals surface area contributed by atoms with Crippen LogP contribution < -0.4 is 5.32 Å². The molecule has 0 saturated carbocycles. The van der Waals surface area contributed by atoms with Gasteiger partial charge in [-0.15, -0.1) is 0 Å². The maximum Gasteiger partial charge on any atom is 0.257 e. The zero-order valence-electron chi connectivity index (χ0n) is 12.7. The fraction of sp³-hybridized carbons (Fsp3) is 0.600. The van der Waals surface area contributed by atoms with Gasteiger partial charge in [-0.1, -0.05) is 0 Å². The summed E-state index contributed by atoms with van der Waals surface area (Å²) in [5.74, 6) is -0.0727. The number of carbonyl (C=O) groups is 1. The molecule has 0 radical (unpaired) electrons. The fourth-order valence-corrected chi connectivity index (χ4v) is 3.57. The normalized spacial score (nSPS) is 26.0. The van der Waals surface area contributed by atoms with Gasteiger partial charge in [-0.2, -0.15) is 5.10 Å². The molecule has 22 heavy (non-hydrogen) atoms. The molecule has 0 unspecified atom stereocenters. The predicted octanol–water partition coefficient (Wildman–Crippen LogP) is 0.266. The predicted molar refractivity (Wildman–Crippen MR) is 80.8 cm³/mol. The largest absolute Gasteiger partial charge is 0.378 e. The molecule has 7 nitrogen and oxygen atoms in total. The van der Waals surface area contributed by atoms with E-state index in [1.807, 2.05) is 24.0 Å². The van der Waals surface area contributed by atoms with E-state index in [-0.39, 0.29) is 11.9 Å². The highest BCUT2D eigenvalue weighted by Crippen LogP contribution is 2.20. The summed E-state index contributed by atoms with van der Waals surface area (Å²) in [5.41, 5.74) is 1.42. The van der Waals surface area contributed by atoms with Crippen molar-refractivity contribution in [2.45, 2.75) is 24.9 Å². The molecule has 1 amide bonds. The zero-order chi connectivity index (χ0) is 15.1. The van der Waals surface area contributed by atoms with Crippen molar-refractivity contribution in [1.29, 1.82) is 0 Å². The molecule has 2 atom stereocenters. The van der Waals surface area contributed by atoms with Crippen molar-refractivity contribution in [3.63, 3.8) is 0 Å². The minimum atomic E-state index is -0.0727. The van der Waals surface area contributed by atoms with Crippen LogP contribution >= 0.6 is 0 Å². The Bertz CT molecular complexity index is 685. The first-order valence-electron chi connectivity index (χ1n) is 7.85. The molecule has 2 aromatic rings. The Balaban J connectivity index is 1.52. The molecule has 2 saturated heterocycles. The number of amides is 1. The molecular formula is C15H21N5O2. The molecule has 0 spiro atoms. The molecule has 1 N–H and O–H groups in total. The van der Waals surface area contributed by atoms with Gasteiger partial charge in [0.25, 0.3) is 5.91 Å². The number of ether oxygens (including phenoxy) is 1. The van der Waals surface area contributed by atoms with Gasteiger partial charge < -0.3 is 14.6 Å². The van der Waals surface area contributed by atoms with Crippen LogP contribution in [0.15, 0.2) is 18.6 Å². The maximum atomic E-state index is 12.6. The van der Waals surface area contributed by atoms with Crippen LogP contribution in [0.4, 0.5) is 0 Å². The standard InChI is InChI=1S/C15H21N5O2/c1-18-6-7-20-15(18)11(8-16-20)14(21)17-12-9-22-10-13(12)19-4-2-3-5-19/h6-8,12-13H,2-5,9-10H2,1H3,(H,17,21)/t12-,13-/m0/s1. The molecule has 4 heterocycles. The summed E-state index contributed by atoms with van der Waals surface area (Å²) < 4.78 is 9.24. The summed E-state index contributed by atoms with van der Waals surface area (Å²) in [6.45, 7) is 3.51. The van der Waals surface area contributed by atoms with Crippen LogP contribution in [0, 0.1) is 0 Å². The van der Waals surface area contributed by atoms with Crippen molar-refractivity contribution in [3.8, 4) is 0 Å². The third-order valence-electron chi connectivity index (χ3n) is 4.76. The number of aromatic nitrogens is 3. The van der Waals surface area contributed by atoms with Gasteiger partial charge in [0.05, 0.1) is 31.5 Å². The van der Waals surface area contributed by atoms with E-state index in [0.29, 0.717) is 24.8 Å². The average molecular weight is 303 g/mol. The van der Waals surface area contributed by atoms with Gasteiger partial charge in [0, 0.05) is 19.4 Å². The van der Waals surface area contributed by atoms with E-state index in [2.05, 4.69) is 15.3 Å². The highest BCUT2D eigenvalue weighted by molar-refractivity contribution is 6.00. The number of rotatable bonds is 3. The molecule has 2 aromatic heterocycles. The van der Waals surface area contributed by atoms with Crippen LogP contribution in [0.3, 0.4) is 0 Å². The molecule has 2 aliphatic rings. The molecular weight excluding hydrogens is 282 g/mol. The van der Waals surface area contributed by atoms with Gasteiger partial charge in [-0.25, -0.2) is 4.52 Å². The first kappa shape index (κ1) is 13.8. The smallest absolute Gasteiger partial charge is 0.257 e. The van der Waals surface area contributed by atoms with Crippen LogP contribution in [0.1, 0.15) is 23.2 Å². The van der Waals surface area contributed by atoms with Gasteiger partial charge in [0.15, 0.2) is 0 Å². The number of fused-ring (bicyclic) bond motifs is 1. The van der Waals surface area contributed by atoms with E-state index in [0.717, 1.165) is 18.7 Å². The minimum absolute atomic E-state index is 0.0563. The van der Waals surface area contributed by atoms with Gasteiger partial charge in [-0.3, -0.25) is 9.69 Å². The van der Waals surface area contributed by atoms with Crippen molar-refractivity contribution >= 4 is 11.6 Å². The quantitative estimate of drug-likeness (QED) is 0.884.